The number of hydrogen-bond donors (Lipinski definition) is 3. The minimum atomic E-state index is -0.922. The molecule has 164 valence electrons. The van der Waals surface area contributed by atoms with Crippen molar-refractivity contribution in [1.29, 1.82) is 0 Å². The van der Waals surface area contributed by atoms with Crippen LogP contribution in [0.5, 0.6) is 0 Å². The largest absolute Gasteiger partial charge is 0.481 e. The van der Waals surface area contributed by atoms with E-state index in [1.807, 2.05) is 12.1 Å². The van der Waals surface area contributed by atoms with Crippen molar-refractivity contribution in [3.63, 3.8) is 0 Å². The van der Waals surface area contributed by atoms with Crippen LogP contribution in [0.2, 0.25) is 5.02 Å². The smallest absolute Gasteiger partial charge is 0.307 e. The van der Waals surface area contributed by atoms with Crippen molar-refractivity contribution < 1.29 is 19.5 Å². The van der Waals surface area contributed by atoms with Gasteiger partial charge in [-0.3, -0.25) is 14.4 Å². The fraction of sp³-hybridized carbons (Fsp3) is 0.435. The zero-order chi connectivity index (χ0) is 22.0. The first-order valence-electron chi connectivity index (χ1n) is 10.6. The Kier molecular flexibility index (Phi) is 6.62. The molecule has 0 radical (unpaired) electrons. The highest BCUT2D eigenvalue weighted by Crippen LogP contribution is 2.40. The molecule has 1 aromatic heterocycles. The van der Waals surface area contributed by atoms with E-state index < -0.39 is 17.8 Å². The summed E-state index contributed by atoms with van der Waals surface area (Å²) in [6.07, 6.45) is 5.45. The molecular formula is C23H25ClN2O4S. The molecule has 2 unspecified atom stereocenters. The van der Waals surface area contributed by atoms with Crippen molar-refractivity contribution in [3.8, 4) is 0 Å². The molecule has 2 amide bonds. The molecule has 0 aliphatic heterocycles. The Morgan fingerprint density at radius 3 is 2.45 bits per heavy atom. The van der Waals surface area contributed by atoms with Crippen LogP contribution in [-0.4, -0.2) is 22.9 Å². The van der Waals surface area contributed by atoms with Gasteiger partial charge in [0, 0.05) is 16.4 Å². The lowest BCUT2D eigenvalue weighted by Crippen LogP contribution is -2.36. The number of anilines is 1. The number of aryl methyl sites for hydroxylation is 1. The summed E-state index contributed by atoms with van der Waals surface area (Å²) in [4.78, 5) is 38.8. The minimum Gasteiger partial charge on any atom is -0.481 e. The van der Waals surface area contributed by atoms with E-state index in [1.54, 1.807) is 12.1 Å². The van der Waals surface area contributed by atoms with Crippen LogP contribution in [0.1, 0.15) is 58.5 Å². The molecule has 3 N–H and O–H groups in total. The summed E-state index contributed by atoms with van der Waals surface area (Å²) >= 11 is 7.36. The van der Waals surface area contributed by atoms with Gasteiger partial charge in [-0.15, -0.1) is 11.3 Å². The molecule has 4 rings (SSSR count). The maximum Gasteiger partial charge on any atom is 0.307 e. The van der Waals surface area contributed by atoms with E-state index in [-0.39, 0.29) is 11.8 Å². The van der Waals surface area contributed by atoms with E-state index in [4.69, 9.17) is 11.6 Å². The number of carboxylic acids is 1. The van der Waals surface area contributed by atoms with Crippen molar-refractivity contribution in [2.75, 3.05) is 5.32 Å². The zero-order valence-corrected chi connectivity index (χ0v) is 18.7. The van der Waals surface area contributed by atoms with Crippen molar-refractivity contribution in [1.82, 2.24) is 5.32 Å². The van der Waals surface area contributed by atoms with Crippen molar-refractivity contribution in [3.05, 3.63) is 50.9 Å². The number of amides is 2. The van der Waals surface area contributed by atoms with E-state index in [2.05, 4.69) is 10.6 Å². The van der Waals surface area contributed by atoms with E-state index in [0.29, 0.717) is 35.0 Å². The summed E-state index contributed by atoms with van der Waals surface area (Å²) in [6.45, 7) is 0.359. The van der Waals surface area contributed by atoms with Gasteiger partial charge < -0.3 is 15.7 Å². The highest BCUT2D eigenvalue weighted by atomic mass is 35.5. The third-order valence-electron chi connectivity index (χ3n) is 6.17. The van der Waals surface area contributed by atoms with Crippen LogP contribution >= 0.6 is 22.9 Å². The van der Waals surface area contributed by atoms with Gasteiger partial charge in [-0.1, -0.05) is 36.6 Å². The fourth-order valence-corrected chi connectivity index (χ4v) is 5.97. The van der Waals surface area contributed by atoms with E-state index in [0.717, 1.165) is 48.1 Å². The molecule has 2 atom stereocenters. The third kappa shape index (κ3) is 4.77. The van der Waals surface area contributed by atoms with Crippen LogP contribution in [0.25, 0.3) is 0 Å². The topological polar surface area (TPSA) is 95.5 Å². The number of halogens is 1. The highest BCUT2D eigenvalue weighted by Gasteiger charge is 2.37. The molecule has 31 heavy (non-hydrogen) atoms. The maximum atomic E-state index is 13.1. The van der Waals surface area contributed by atoms with Gasteiger partial charge in [0.05, 0.1) is 17.4 Å². The molecule has 1 saturated carbocycles. The van der Waals surface area contributed by atoms with E-state index in [1.165, 1.54) is 11.3 Å². The lowest BCUT2D eigenvalue weighted by atomic mass is 9.79. The predicted molar refractivity (Wildman–Crippen MR) is 121 cm³/mol. The minimum absolute atomic E-state index is 0.219. The summed E-state index contributed by atoms with van der Waals surface area (Å²) in [5.41, 5.74) is 2.47. The molecule has 0 saturated heterocycles. The van der Waals surface area contributed by atoms with Crippen LogP contribution in [0.4, 0.5) is 5.00 Å². The van der Waals surface area contributed by atoms with Gasteiger partial charge in [0.15, 0.2) is 0 Å². The summed E-state index contributed by atoms with van der Waals surface area (Å²) in [5.74, 6) is -2.66. The van der Waals surface area contributed by atoms with Crippen LogP contribution in [0, 0.1) is 11.8 Å². The number of carboxylic acid groups (broad SMARTS) is 1. The molecule has 1 fully saturated rings. The molecule has 1 heterocycles. The lowest BCUT2D eigenvalue weighted by molar-refractivity contribution is -0.147. The van der Waals surface area contributed by atoms with Crippen LogP contribution < -0.4 is 10.6 Å². The molecule has 0 bridgehead atoms. The number of hydrogen-bond acceptors (Lipinski definition) is 4. The maximum absolute atomic E-state index is 13.1. The Morgan fingerprint density at radius 2 is 1.74 bits per heavy atom. The standard InChI is InChI=1S/C23H25ClN2O4S/c24-14-10-8-13(9-11-14)12-25-21(28)19-17-6-3-7-18(17)31-22(19)26-20(27)15-4-1-2-5-16(15)23(29)30/h8-11,15-16H,1-7,12H2,(H,25,28)(H,26,27)(H,29,30). The number of fused-ring (bicyclic) bond motifs is 1. The Bertz CT molecular complexity index is 1000. The average molecular weight is 461 g/mol. The molecule has 0 spiro atoms. The number of benzene rings is 1. The first-order chi connectivity index (χ1) is 14.9. The van der Waals surface area contributed by atoms with Crippen molar-refractivity contribution in [2.45, 2.75) is 51.5 Å². The predicted octanol–water partition coefficient (Wildman–Crippen LogP) is 4.65. The van der Waals surface area contributed by atoms with Gasteiger partial charge in [0.2, 0.25) is 5.91 Å². The first-order valence-corrected chi connectivity index (χ1v) is 11.8. The number of nitrogens with one attached hydrogen (secondary N) is 2. The van der Waals surface area contributed by atoms with Gasteiger partial charge in [-0.05, 0) is 55.4 Å². The van der Waals surface area contributed by atoms with Gasteiger partial charge in [-0.25, -0.2) is 0 Å². The highest BCUT2D eigenvalue weighted by molar-refractivity contribution is 7.17. The number of carbonyl (C=O) groups excluding carboxylic acids is 2. The quantitative estimate of drug-likeness (QED) is 0.584. The normalized spacial score (nSPS) is 20.2. The summed E-state index contributed by atoms with van der Waals surface area (Å²) in [6, 6.07) is 7.27. The second-order valence-electron chi connectivity index (χ2n) is 8.20. The van der Waals surface area contributed by atoms with Crippen LogP contribution in [0.3, 0.4) is 0 Å². The van der Waals surface area contributed by atoms with Gasteiger partial charge in [-0.2, -0.15) is 0 Å². The Morgan fingerprint density at radius 1 is 1.03 bits per heavy atom. The average Bonchev–Trinajstić information content (AvgIpc) is 3.34. The number of rotatable bonds is 6. The Balaban J connectivity index is 1.52. The number of carbonyl (C=O) groups is 3. The molecular weight excluding hydrogens is 436 g/mol. The van der Waals surface area contributed by atoms with Gasteiger partial charge >= 0.3 is 5.97 Å². The number of thiophene rings is 1. The third-order valence-corrected chi connectivity index (χ3v) is 7.63. The van der Waals surface area contributed by atoms with Crippen LogP contribution in [0.15, 0.2) is 24.3 Å². The summed E-state index contributed by atoms with van der Waals surface area (Å²) in [5, 5.41) is 16.6. The molecule has 6 nitrogen and oxygen atoms in total. The number of aliphatic carboxylic acids is 1. The Labute approximate surface area is 190 Å². The Hall–Kier alpha value is -2.38. The van der Waals surface area contributed by atoms with Gasteiger partial charge in [0.25, 0.3) is 5.91 Å². The van der Waals surface area contributed by atoms with Crippen LogP contribution in [-0.2, 0) is 29.0 Å². The van der Waals surface area contributed by atoms with E-state index in [9.17, 15) is 19.5 Å². The van der Waals surface area contributed by atoms with Crippen molar-refractivity contribution >= 4 is 45.7 Å². The zero-order valence-electron chi connectivity index (χ0n) is 17.1. The van der Waals surface area contributed by atoms with E-state index >= 15 is 0 Å². The lowest BCUT2D eigenvalue weighted by Gasteiger charge is -2.27. The van der Waals surface area contributed by atoms with Crippen molar-refractivity contribution in [2.24, 2.45) is 11.8 Å². The molecule has 2 aromatic rings. The molecule has 1 aromatic carbocycles. The summed E-state index contributed by atoms with van der Waals surface area (Å²) in [7, 11) is 0. The monoisotopic (exact) mass is 460 g/mol. The SMILES string of the molecule is O=C(NCc1ccc(Cl)cc1)c1c(NC(=O)C2CCCCC2C(=O)O)sc2c1CCC2. The van der Waals surface area contributed by atoms with Gasteiger partial charge in [0.1, 0.15) is 5.00 Å². The second kappa shape index (κ2) is 9.40. The molecule has 8 heteroatoms. The molecule has 2 aliphatic rings. The summed E-state index contributed by atoms with van der Waals surface area (Å²) < 4.78 is 0. The fourth-order valence-electron chi connectivity index (χ4n) is 4.55. The second-order valence-corrected chi connectivity index (χ2v) is 9.74. The first kappa shape index (κ1) is 21.8. The molecule has 2 aliphatic carbocycles.